The maximum absolute atomic E-state index is 11.9. The summed E-state index contributed by atoms with van der Waals surface area (Å²) in [5.41, 5.74) is 0. The van der Waals surface area contributed by atoms with Crippen LogP contribution in [0.4, 0.5) is 0 Å². The van der Waals surface area contributed by atoms with Crippen LogP contribution in [0.25, 0.3) is 0 Å². The van der Waals surface area contributed by atoms with Crippen molar-refractivity contribution >= 4 is 33.6 Å². The predicted octanol–water partition coefficient (Wildman–Crippen LogP) is 2.90. The van der Waals surface area contributed by atoms with Gasteiger partial charge in [-0.05, 0) is 37.7 Å². The zero-order valence-electron chi connectivity index (χ0n) is 9.54. The van der Waals surface area contributed by atoms with E-state index < -0.39 is 0 Å². The number of nitrogens with zero attached hydrogens (tertiary/aromatic N) is 1. The summed E-state index contributed by atoms with van der Waals surface area (Å²) in [6.45, 7) is 5.29. The summed E-state index contributed by atoms with van der Waals surface area (Å²) < 4.78 is 0. The molecule has 0 saturated carbocycles. The molecule has 0 aliphatic carbocycles. The lowest BCUT2D eigenvalue weighted by Crippen LogP contribution is -2.46. The van der Waals surface area contributed by atoms with Crippen molar-refractivity contribution in [3.63, 3.8) is 0 Å². The molecule has 1 aliphatic heterocycles. The molecule has 1 heterocycles. The quantitative estimate of drug-likeness (QED) is 0.574. The number of piperidine rings is 1. The van der Waals surface area contributed by atoms with E-state index >= 15 is 0 Å². The van der Waals surface area contributed by atoms with Crippen LogP contribution in [0.2, 0.25) is 0 Å². The smallest absolute Gasteiger partial charge is 0.236 e. The van der Waals surface area contributed by atoms with E-state index in [9.17, 15) is 4.79 Å². The topological polar surface area (TPSA) is 20.3 Å². The summed E-state index contributed by atoms with van der Waals surface area (Å²) in [5.74, 6) is 2.62. The second-order valence-corrected chi connectivity index (χ2v) is 6.48. The SMILES string of the molecule is CCSCCC(C)N1CCCC(Br)C1=O. The monoisotopic (exact) mass is 293 g/mol. The Morgan fingerprint density at radius 3 is 3.07 bits per heavy atom. The Morgan fingerprint density at radius 1 is 1.67 bits per heavy atom. The highest BCUT2D eigenvalue weighted by molar-refractivity contribution is 9.10. The van der Waals surface area contributed by atoms with Gasteiger partial charge in [-0.1, -0.05) is 22.9 Å². The number of hydrogen-bond donors (Lipinski definition) is 0. The Labute approximate surface area is 105 Å². The summed E-state index contributed by atoms with van der Waals surface area (Å²) in [5, 5.41) is 0. The first kappa shape index (κ1) is 13.4. The number of alkyl halides is 1. The molecule has 88 valence electrons. The second kappa shape index (κ2) is 6.79. The van der Waals surface area contributed by atoms with Crippen molar-refractivity contribution < 1.29 is 4.79 Å². The van der Waals surface area contributed by atoms with Crippen LogP contribution in [-0.2, 0) is 4.79 Å². The molecule has 0 aromatic rings. The molecule has 0 aromatic carbocycles. The molecule has 1 fully saturated rings. The highest BCUT2D eigenvalue weighted by Gasteiger charge is 2.29. The summed E-state index contributed by atoms with van der Waals surface area (Å²) >= 11 is 5.40. The van der Waals surface area contributed by atoms with Gasteiger partial charge in [0.2, 0.25) is 5.91 Å². The second-order valence-electron chi connectivity index (χ2n) is 3.98. The summed E-state index contributed by atoms with van der Waals surface area (Å²) in [7, 11) is 0. The van der Waals surface area contributed by atoms with Crippen LogP contribution < -0.4 is 0 Å². The van der Waals surface area contributed by atoms with Gasteiger partial charge in [0.05, 0.1) is 4.83 Å². The van der Waals surface area contributed by atoms with Gasteiger partial charge in [0.1, 0.15) is 0 Å². The van der Waals surface area contributed by atoms with Gasteiger partial charge in [0.25, 0.3) is 0 Å². The van der Waals surface area contributed by atoms with Crippen molar-refractivity contribution in [2.75, 3.05) is 18.1 Å². The van der Waals surface area contributed by atoms with Crippen molar-refractivity contribution in [3.8, 4) is 0 Å². The van der Waals surface area contributed by atoms with Crippen molar-refractivity contribution in [3.05, 3.63) is 0 Å². The average molecular weight is 294 g/mol. The molecule has 0 N–H and O–H groups in total. The molecule has 1 rings (SSSR count). The third-order valence-electron chi connectivity index (χ3n) is 2.82. The lowest BCUT2D eigenvalue weighted by atomic mass is 10.1. The van der Waals surface area contributed by atoms with Gasteiger partial charge >= 0.3 is 0 Å². The standard InChI is InChI=1S/C11H20BrNOS/c1-3-15-8-6-9(2)13-7-4-5-10(12)11(13)14/h9-10H,3-8H2,1-2H3. The van der Waals surface area contributed by atoms with Crippen LogP contribution in [0, 0.1) is 0 Å². The molecule has 0 radical (unpaired) electrons. The zero-order valence-corrected chi connectivity index (χ0v) is 11.9. The van der Waals surface area contributed by atoms with E-state index in [-0.39, 0.29) is 10.7 Å². The van der Waals surface area contributed by atoms with Crippen molar-refractivity contribution in [1.29, 1.82) is 0 Å². The lowest BCUT2D eigenvalue weighted by Gasteiger charge is -2.34. The number of amides is 1. The Kier molecular flexibility index (Phi) is 6.05. The third-order valence-corrected chi connectivity index (χ3v) is 4.61. The Bertz CT molecular complexity index is 213. The van der Waals surface area contributed by atoms with Gasteiger partial charge in [-0.2, -0.15) is 11.8 Å². The van der Waals surface area contributed by atoms with E-state index in [0.29, 0.717) is 6.04 Å². The van der Waals surface area contributed by atoms with Crippen LogP contribution in [-0.4, -0.2) is 39.7 Å². The average Bonchev–Trinajstić information content (AvgIpc) is 2.22. The van der Waals surface area contributed by atoms with E-state index in [2.05, 4.69) is 29.8 Å². The number of likely N-dealkylation sites (tertiary alicyclic amines) is 1. The highest BCUT2D eigenvalue weighted by Crippen LogP contribution is 2.22. The predicted molar refractivity (Wildman–Crippen MR) is 70.7 cm³/mol. The molecular weight excluding hydrogens is 274 g/mol. The lowest BCUT2D eigenvalue weighted by molar-refractivity contribution is -0.134. The number of hydrogen-bond acceptors (Lipinski definition) is 2. The van der Waals surface area contributed by atoms with Gasteiger partial charge in [-0.3, -0.25) is 4.79 Å². The van der Waals surface area contributed by atoms with Gasteiger partial charge in [-0.25, -0.2) is 0 Å². The van der Waals surface area contributed by atoms with Gasteiger partial charge < -0.3 is 4.90 Å². The molecule has 4 heteroatoms. The van der Waals surface area contributed by atoms with E-state index in [1.54, 1.807) is 0 Å². The Hall–Kier alpha value is 0.300. The number of carbonyl (C=O) groups excluding carboxylic acids is 1. The maximum atomic E-state index is 11.9. The van der Waals surface area contributed by atoms with E-state index in [1.807, 2.05) is 16.7 Å². The van der Waals surface area contributed by atoms with Crippen molar-refractivity contribution in [1.82, 2.24) is 4.90 Å². The molecule has 15 heavy (non-hydrogen) atoms. The van der Waals surface area contributed by atoms with E-state index in [1.165, 1.54) is 5.75 Å². The fraction of sp³-hybridized carbons (Fsp3) is 0.909. The van der Waals surface area contributed by atoms with Crippen LogP contribution in [0.5, 0.6) is 0 Å². The minimum atomic E-state index is 0.0625. The zero-order chi connectivity index (χ0) is 11.3. The fourth-order valence-corrected chi connectivity index (χ4v) is 3.23. The van der Waals surface area contributed by atoms with E-state index in [4.69, 9.17) is 0 Å². The highest BCUT2D eigenvalue weighted by atomic mass is 79.9. The normalized spacial score (nSPS) is 24.3. The molecule has 0 bridgehead atoms. The minimum absolute atomic E-state index is 0.0625. The Morgan fingerprint density at radius 2 is 2.40 bits per heavy atom. The maximum Gasteiger partial charge on any atom is 0.236 e. The largest absolute Gasteiger partial charge is 0.339 e. The number of thioether (sulfide) groups is 1. The molecular formula is C11H20BrNOS. The summed E-state index contributed by atoms with van der Waals surface area (Å²) in [6, 6.07) is 0.400. The van der Waals surface area contributed by atoms with Crippen molar-refractivity contribution in [2.45, 2.75) is 44.0 Å². The van der Waals surface area contributed by atoms with Crippen LogP contribution in [0.3, 0.4) is 0 Å². The van der Waals surface area contributed by atoms with Crippen LogP contribution in [0.1, 0.15) is 33.1 Å². The van der Waals surface area contributed by atoms with Gasteiger partial charge in [0, 0.05) is 12.6 Å². The third kappa shape index (κ3) is 3.99. The Balaban J connectivity index is 2.36. The number of halogens is 1. The first-order chi connectivity index (χ1) is 7.16. The molecule has 0 spiro atoms. The van der Waals surface area contributed by atoms with Crippen molar-refractivity contribution in [2.24, 2.45) is 0 Å². The number of carbonyl (C=O) groups is 1. The van der Waals surface area contributed by atoms with Crippen LogP contribution in [0.15, 0.2) is 0 Å². The summed E-state index contributed by atoms with van der Waals surface area (Å²) in [6.07, 6.45) is 3.24. The fourth-order valence-electron chi connectivity index (χ4n) is 1.85. The minimum Gasteiger partial charge on any atom is -0.339 e. The summed E-state index contributed by atoms with van der Waals surface area (Å²) in [4.78, 5) is 14.0. The molecule has 1 saturated heterocycles. The molecule has 2 nitrogen and oxygen atoms in total. The number of rotatable bonds is 5. The molecule has 1 amide bonds. The first-order valence-electron chi connectivity index (χ1n) is 5.69. The van der Waals surface area contributed by atoms with Gasteiger partial charge in [0.15, 0.2) is 0 Å². The molecule has 0 aromatic heterocycles. The van der Waals surface area contributed by atoms with E-state index in [0.717, 1.165) is 31.6 Å². The molecule has 2 unspecified atom stereocenters. The molecule has 1 aliphatic rings. The van der Waals surface area contributed by atoms with Gasteiger partial charge in [-0.15, -0.1) is 0 Å². The first-order valence-corrected chi connectivity index (χ1v) is 7.76. The molecule has 2 atom stereocenters. The van der Waals surface area contributed by atoms with Crippen LogP contribution >= 0.6 is 27.7 Å².